The lowest BCUT2D eigenvalue weighted by Crippen LogP contribution is -2.23. The number of rotatable bonds is 3. The lowest BCUT2D eigenvalue weighted by atomic mass is 10.2. The summed E-state index contributed by atoms with van der Waals surface area (Å²) in [5.41, 5.74) is 0. The molecule has 2 aromatic rings. The molecule has 1 aliphatic rings. The van der Waals surface area contributed by atoms with E-state index in [1.165, 1.54) is 15.7 Å². The number of imidazole rings is 1. The highest BCUT2D eigenvalue weighted by molar-refractivity contribution is 7.15. The number of nitrogens with one attached hydrogen (secondary N) is 2. The molecule has 0 aliphatic carbocycles. The predicted molar refractivity (Wildman–Crippen MR) is 64.8 cm³/mol. The van der Waals surface area contributed by atoms with Gasteiger partial charge >= 0.3 is 5.82 Å². The zero-order valence-electron chi connectivity index (χ0n) is 9.12. The molecule has 3 rings (SSSR count). The van der Waals surface area contributed by atoms with E-state index in [-0.39, 0.29) is 23.6 Å². The molecule has 94 valence electrons. The van der Waals surface area contributed by atoms with Crippen molar-refractivity contribution in [2.45, 2.75) is 12.5 Å². The van der Waals surface area contributed by atoms with Crippen LogP contribution in [0.3, 0.4) is 0 Å². The Morgan fingerprint density at radius 1 is 1.67 bits per heavy atom. The van der Waals surface area contributed by atoms with Crippen LogP contribution < -0.4 is 10.6 Å². The first-order valence-electron chi connectivity index (χ1n) is 5.28. The molecule has 0 bridgehead atoms. The Morgan fingerprint density at radius 3 is 3.17 bits per heavy atom. The number of aromatic nitrogens is 2. The summed E-state index contributed by atoms with van der Waals surface area (Å²) in [5, 5.41) is 18.4. The Kier molecular flexibility index (Phi) is 2.40. The third-order valence-corrected chi connectivity index (χ3v) is 3.48. The molecule has 0 spiro atoms. The van der Waals surface area contributed by atoms with E-state index >= 15 is 0 Å². The Labute approximate surface area is 105 Å². The largest absolute Gasteiger partial charge is 0.372 e. The third-order valence-electron chi connectivity index (χ3n) is 2.73. The lowest BCUT2D eigenvalue weighted by Gasteiger charge is -2.08. The van der Waals surface area contributed by atoms with Gasteiger partial charge in [0.25, 0.3) is 4.96 Å². The van der Waals surface area contributed by atoms with Gasteiger partial charge in [0.2, 0.25) is 11.7 Å². The highest BCUT2D eigenvalue weighted by Gasteiger charge is 2.28. The average Bonchev–Trinajstić information content (AvgIpc) is 2.93. The first kappa shape index (κ1) is 11.0. The zero-order chi connectivity index (χ0) is 12.7. The summed E-state index contributed by atoms with van der Waals surface area (Å²) < 4.78 is 1.43. The van der Waals surface area contributed by atoms with Gasteiger partial charge in [0.15, 0.2) is 0 Å². The summed E-state index contributed by atoms with van der Waals surface area (Å²) in [4.78, 5) is 26.4. The van der Waals surface area contributed by atoms with Crippen LogP contribution in [0.15, 0.2) is 11.6 Å². The van der Waals surface area contributed by atoms with Crippen molar-refractivity contribution in [2.75, 3.05) is 11.9 Å². The number of nitrogens with zero attached hydrogens (tertiary/aromatic N) is 3. The summed E-state index contributed by atoms with van der Waals surface area (Å²) in [6, 6.07) is -0.152. The fourth-order valence-corrected chi connectivity index (χ4v) is 2.65. The fraction of sp³-hybridized carbons (Fsp3) is 0.333. The topological polar surface area (TPSA) is 102 Å². The molecule has 0 radical (unpaired) electrons. The SMILES string of the molecule is O=C1CC(Nc2nc3sccn3c2[N+](=O)[O-])CN1. The van der Waals surface area contributed by atoms with Crippen LogP contribution in [-0.2, 0) is 4.79 Å². The van der Waals surface area contributed by atoms with E-state index in [4.69, 9.17) is 0 Å². The molecule has 1 atom stereocenters. The van der Waals surface area contributed by atoms with Crippen molar-refractivity contribution in [2.24, 2.45) is 0 Å². The fourth-order valence-electron chi connectivity index (χ4n) is 1.95. The standard InChI is InChI=1S/C9H9N5O3S/c15-6-3-5(4-10-6)11-7-8(14(16)17)13-1-2-18-9(13)12-7/h1-2,5,11H,3-4H2,(H,10,15). The summed E-state index contributed by atoms with van der Waals surface area (Å²) >= 11 is 1.32. The number of fused-ring (bicyclic) bond motifs is 1. The number of amides is 1. The number of anilines is 1. The molecule has 8 nitrogen and oxygen atoms in total. The van der Waals surface area contributed by atoms with E-state index in [1.54, 1.807) is 11.6 Å². The second kappa shape index (κ2) is 3.95. The highest BCUT2D eigenvalue weighted by atomic mass is 32.1. The number of carbonyl (C=O) groups is 1. The molecule has 0 aromatic carbocycles. The number of carbonyl (C=O) groups excluding carboxylic acids is 1. The maximum Gasteiger partial charge on any atom is 0.372 e. The van der Waals surface area contributed by atoms with Gasteiger partial charge in [-0.1, -0.05) is 11.3 Å². The van der Waals surface area contributed by atoms with Crippen LogP contribution in [0.25, 0.3) is 4.96 Å². The minimum absolute atomic E-state index is 0.0591. The molecular formula is C9H9N5O3S. The zero-order valence-corrected chi connectivity index (χ0v) is 9.94. The first-order valence-corrected chi connectivity index (χ1v) is 6.16. The molecular weight excluding hydrogens is 258 g/mol. The van der Waals surface area contributed by atoms with Gasteiger partial charge in [-0.2, -0.15) is 9.38 Å². The molecule has 1 amide bonds. The van der Waals surface area contributed by atoms with Crippen molar-refractivity contribution in [1.29, 1.82) is 0 Å². The van der Waals surface area contributed by atoms with Crippen LogP contribution in [-0.4, -0.2) is 32.8 Å². The van der Waals surface area contributed by atoms with Gasteiger partial charge in [-0.15, -0.1) is 0 Å². The van der Waals surface area contributed by atoms with Crippen molar-refractivity contribution in [3.05, 3.63) is 21.7 Å². The molecule has 2 aromatic heterocycles. The average molecular weight is 267 g/mol. The van der Waals surface area contributed by atoms with Crippen LogP contribution in [0.5, 0.6) is 0 Å². The van der Waals surface area contributed by atoms with E-state index in [0.29, 0.717) is 17.9 Å². The summed E-state index contributed by atoms with van der Waals surface area (Å²) in [6.07, 6.45) is 1.91. The Hall–Kier alpha value is -2.16. The molecule has 0 saturated carbocycles. The van der Waals surface area contributed by atoms with Crippen LogP contribution in [0, 0.1) is 10.1 Å². The first-order chi connectivity index (χ1) is 8.65. The van der Waals surface area contributed by atoms with E-state index in [1.807, 2.05) is 0 Å². The van der Waals surface area contributed by atoms with Gasteiger partial charge in [-0.3, -0.25) is 4.79 Å². The number of hydrogen-bond acceptors (Lipinski definition) is 6. The van der Waals surface area contributed by atoms with Crippen LogP contribution >= 0.6 is 11.3 Å². The maximum absolute atomic E-state index is 11.1. The van der Waals surface area contributed by atoms with Crippen molar-refractivity contribution < 1.29 is 9.72 Å². The van der Waals surface area contributed by atoms with Gasteiger partial charge in [0, 0.05) is 18.3 Å². The Balaban J connectivity index is 1.95. The Bertz CT molecular complexity index is 633. The molecule has 1 unspecified atom stereocenters. The monoisotopic (exact) mass is 267 g/mol. The Morgan fingerprint density at radius 2 is 2.50 bits per heavy atom. The van der Waals surface area contributed by atoms with Crippen molar-refractivity contribution in [3.63, 3.8) is 0 Å². The van der Waals surface area contributed by atoms with Gasteiger partial charge in [-0.25, -0.2) is 0 Å². The lowest BCUT2D eigenvalue weighted by molar-refractivity contribution is -0.389. The smallest absolute Gasteiger partial charge is 0.358 e. The molecule has 9 heteroatoms. The molecule has 18 heavy (non-hydrogen) atoms. The predicted octanol–water partition coefficient (Wildman–Crippen LogP) is 0.604. The van der Waals surface area contributed by atoms with E-state index in [2.05, 4.69) is 15.6 Å². The van der Waals surface area contributed by atoms with Crippen LogP contribution in [0.4, 0.5) is 11.6 Å². The maximum atomic E-state index is 11.1. The minimum atomic E-state index is -0.473. The summed E-state index contributed by atoms with van der Waals surface area (Å²) in [6.45, 7) is 0.459. The molecule has 1 fully saturated rings. The molecule has 1 saturated heterocycles. The van der Waals surface area contributed by atoms with Gasteiger partial charge in [-0.05, 0) is 4.92 Å². The van der Waals surface area contributed by atoms with Crippen molar-refractivity contribution in [1.82, 2.24) is 14.7 Å². The molecule has 2 N–H and O–H groups in total. The van der Waals surface area contributed by atoms with Gasteiger partial charge < -0.3 is 20.7 Å². The minimum Gasteiger partial charge on any atom is -0.358 e. The summed E-state index contributed by atoms with van der Waals surface area (Å²) in [7, 11) is 0. The van der Waals surface area contributed by atoms with Crippen molar-refractivity contribution >= 4 is 33.8 Å². The second-order valence-corrected chi connectivity index (χ2v) is 4.82. The van der Waals surface area contributed by atoms with Crippen LogP contribution in [0.2, 0.25) is 0 Å². The number of nitro groups is 1. The number of thiazole rings is 1. The third kappa shape index (κ3) is 1.68. The van der Waals surface area contributed by atoms with E-state index < -0.39 is 4.92 Å². The van der Waals surface area contributed by atoms with Crippen molar-refractivity contribution in [3.8, 4) is 0 Å². The summed E-state index contributed by atoms with van der Waals surface area (Å²) in [5.74, 6) is 0.0649. The molecule has 3 heterocycles. The van der Waals surface area contributed by atoms with Gasteiger partial charge in [0.05, 0.1) is 6.04 Å². The van der Waals surface area contributed by atoms with E-state index in [0.717, 1.165) is 0 Å². The number of hydrogen-bond donors (Lipinski definition) is 2. The van der Waals surface area contributed by atoms with E-state index in [9.17, 15) is 14.9 Å². The van der Waals surface area contributed by atoms with Gasteiger partial charge in [0.1, 0.15) is 6.20 Å². The normalized spacial score (nSPS) is 19.1. The quantitative estimate of drug-likeness (QED) is 0.626. The molecule has 1 aliphatic heterocycles. The van der Waals surface area contributed by atoms with Crippen LogP contribution in [0.1, 0.15) is 6.42 Å². The highest BCUT2D eigenvalue weighted by Crippen LogP contribution is 2.28. The second-order valence-electron chi connectivity index (χ2n) is 3.95.